The average Bonchev–Trinajstić information content (AvgIpc) is 3.50. The van der Waals surface area contributed by atoms with E-state index in [1.165, 1.54) is 5.56 Å². The summed E-state index contributed by atoms with van der Waals surface area (Å²) in [7, 11) is 1.61. The Balaban J connectivity index is 1.41. The number of ketones is 1. The van der Waals surface area contributed by atoms with E-state index in [9.17, 15) is 9.18 Å². The van der Waals surface area contributed by atoms with Crippen LogP contribution in [0.2, 0.25) is 0 Å². The molecule has 37 heavy (non-hydrogen) atoms. The van der Waals surface area contributed by atoms with Gasteiger partial charge in [-0.2, -0.15) is 0 Å². The summed E-state index contributed by atoms with van der Waals surface area (Å²) in [6.07, 6.45) is 4.46. The van der Waals surface area contributed by atoms with E-state index in [1.807, 2.05) is 6.92 Å². The summed E-state index contributed by atoms with van der Waals surface area (Å²) >= 11 is 0. The summed E-state index contributed by atoms with van der Waals surface area (Å²) in [5.41, 5.74) is 2.75. The number of fused-ring (bicyclic) bond motifs is 5. The molecular weight excluding hydrogens is 469 g/mol. The molecule has 9 atom stereocenters. The summed E-state index contributed by atoms with van der Waals surface area (Å²) in [4.78, 5) is 24.4. The smallest absolute Gasteiger partial charge is 0.173 e. The maximum atomic E-state index is 14.8. The van der Waals surface area contributed by atoms with E-state index in [2.05, 4.69) is 47.7 Å². The van der Waals surface area contributed by atoms with Crippen LogP contribution in [0.5, 0.6) is 0 Å². The normalized spacial score (nSPS) is 45.4. The summed E-state index contributed by atoms with van der Waals surface area (Å²) in [5, 5.41) is 12.8. The second kappa shape index (κ2) is 9.48. The second-order valence-corrected chi connectivity index (χ2v) is 12.5. The van der Waals surface area contributed by atoms with Crippen molar-refractivity contribution in [3.05, 3.63) is 35.9 Å². The van der Waals surface area contributed by atoms with Crippen LogP contribution in [0.4, 0.5) is 4.39 Å². The third-order valence-corrected chi connectivity index (χ3v) is 10.8. The molecule has 0 aromatic heterocycles. The number of rotatable bonds is 4. The third-order valence-electron chi connectivity index (χ3n) is 10.8. The first-order valence-corrected chi connectivity index (χ1v) is 14.1. The first-order chi connectivity index (χ1) is 17.9. The zero-order chi connectivity index (χ0) is 25.8. The number of benzene rings is 1. The zero-order valence-corrected chi connectivity index (χ0v) is 22.3. The lowest BCUT2D eigenvalue weighted by Gasteiger charge is -2.61. The molecule has 5 aliphatic rings. The number of hydrogen-bond donors (Lipinski definition) is 1. The minimum absolute atomic E-state index is 0.0481. The zero-order valence-electron chi connectivity index (χ0n) is 22.3. The van der Waals surface area contributed by atoms with Crippen LogP contribution in [0.1, 0.15) is 70.3 Å². The fourth-order valence-electron chi connectivity index (χ4n) is 9.00. The first-order valence-electron chi connectivity index (χ1n) is 14.1. The van der Waals surface area contributed by atoms with Crippen molar-refractivity contribution >= 4 is 17.2 Å². The Morgan fingerprint density at radius 1 is 1.05 bits per heavy atom. The number of carbonyl (C=O) groups excluding carboxylic acids is 1. The van der Waals surface area contributed by atoms with Crippen molar-refractivity contribution in [1.82, 2.24) is 5.32 Å². The van der Waals surface area contributed by atoms with Crippen molar-refractivity contribution in [3.63, 3.8) is 0 Å². The van der Waals surface area contributed by atoms with E-state index in [-0.39, 0.29) is 41.0 Å². The van der Waals surface area contributed by atoms with Gasteiger partial charge in [0.25, 0.3) is 0 Å². The van der Waals surface area contributed by atoms with Gasteiger partial charge in [0, 0.05) is 30.2 Å². The quantitative estimate of drug-likeness (QED) is 0.560. The molecule has 4 aliphatic carbocycles. The summed E-state index contributed by atoms with van der Waals surface area (Å²) < 4.78 is 14.8. The van der Waals surface area contributed by atoms with Crippen molar-refractivity contribution in [2.45, 2.75) is 77.0 Å². The van der Waals surface area contributed by atoms with Gasteiger partial charge in [-0.15, -0.1) is 0 Å². The van der Waals surface area contributed by atoms with E-state index in [4.69, 9.17) is 14.8 Å². The van der Waals surface area contributed by atoms with Gasteiger partial charge in [-0.25, -0.2) is 4.39 Å². The van der Waals surface area contributed by atoms with Crippen molar-refractivity contribution < 1.29 is 18.9 Å². The Morgan fingerprint density at radius 3 is 2.59 bits per heavy atom. The Morgan fingerprint density at radius 2 is 1.86 bits per heavy atom. The SMILES string of the molecule is CO/N=C1\CC2C(CC[C@]3(C)C(=O)C(F)CC23)[C@@]2(C)CCC(=NOC3CCNC3)C(c3ccccc3)C12. The maximum absolute atomic E-state index is 14.8. The van der Waals surface area contributed by atoms with Crippen LogP contribution in [-0.4, -0.2) is 49.7 Å². The van der Waals surface area contributed by atoms with Gasteiger partial charge in [-0.05, 0) is 73.8 Å². The van der Waals surface area contributed by atoms with Gasteiger partial charge in [-0.3, -0.25) is 4.79 Å². The first kappa shape index (κ1) is 25.0. The van der Waals surface area contributed by atoms with E-state index in [0.717, 1.165) is 63.0 Å². The molecule has 7 unspecified atom stereocenters. The highest BCUT2D eigenvalue weighted by Gasteiger charge is 2.65. The molecule has 6 rings (SSSR count). The molecule has 0 radical (unpaired) electrons. The Bertz CT molecular complexity index is 1090. The molecule has 200 valence electrons. The molecule has 0 amide bonds. The number of oxime groups is 2. The molecule has 1 aromatic rings. The van der Waals surface area contributed by atoms with Crippen LogP contribution >= 0.6 is 0 Å². The number of halogens is 1. The molecule has 0 spiro atoms. The third kappa shape index (κ3) is 3.95. The Hall–Kier alpha value is -2.28. The van der Waals surface area contributed by atoms with Gasteiger partial charge < -0.3 is 15.0 Å². The van der Waals surface area contributed by atoms with Gasteiger partial charge in [0.05, 0.1) is 11.4 Å². The van der Waals surface area contributed by atoms with Crippen molar-refractivity contribution in [1.29, 1.82) is 0 Å². The Labute approximate surface area is 219 Å². The van der Waals surface area contributed by atoms with Crippen LogP contribution in [-0.2, 0) is 14.5 Å². The molecule has 1 N–H and O–H groups in total. The van der Waals surface area contributed by atoms with Crippen LogP contribution in [0.15, 0.2) is 40.6 Å². The molecular formula is C30H40FN3O3. The van der Waals surface area contributed by atoms with Gasteiger partial charge in [-0.1, -0.05) is 54.5 Å². The summed E-state index contributed by atoms with van der Waals surface area (Å²) in [6, 6.07) is 10.6. The van der Waals surface area contributed by atoms with Crippen LogP contribution in [0.25, 0.3) is 0 Å². The lowest BCUT2D eigenvalue weighted by atomic mass is 9.43. The fourth-order valence-corrected chi connectivity index (χ4v) is 9.00. The van der Waals surface area contributed by atoms with E-state index >= 15 is 0 Å². The minimum Gasteiger partial charge on any atom is -0.399 e. The highest BCUT2D eigenvalue weighted by atomic mass is 19.1. The molecule has 1 heterocycles. The molecule has 4 saturated carbocycles. The number of nitrogens with one attached hydrogen (secondary N) is 1. The largest absolute Gasteiger partial charge is 0.399 e. The number of Topliss-reactive ketones (excluding diaryl/α,β-unsaturated/α-hetero) is 1. The topological polar surface area (TPSA) is 72.3 Å². The second-order valence-electron chi connectivity index (χ2n) is 12.5. The van der Waals surface area contributed by atoms with Crippen LogP contribution < -0.4 is 5.32 Å². The number of alkyl halides is 1. The monoisotopic (exact) mass is 509 g/mol. The average molecular weight is 510 g/mol. The van der Waals surface area contributed by atoms with Crippen molar-refractivity contribution in [2.75, 3.05) is 20.2 Å². The highest BCUT2D eigenvalue weighted by Crippen LogP contribution is 2.66. The number of hydrogen-bond acceptors (Lipinski definition) is 6. The van der Waals surface area contributed by atoms with E-state index in [1.54, 1.807) is 7.11 Å². The lowest BCUT2D eigenvalue weighted by molar-refractivity contribution is -0.136. The van der Waals surface area contributed by atoms with Crippen LogP contribution in [0, 0.1) is 34.5 Å². The maximum Gasteiger partial charge on any atom is 0.173 e. The molecule has 1 aromatic carbocycles. The number of carbonyl (C=O) groups is 1. The molecule has 1 aliphatic heterocycles. The minimum atomic E-state index is -1.33. The highest BCUT2D eigenvalue weighted by molar-refractivity contribution is 6.00. The van der Waals surface area contributed by atoms with Gasteiger partial charge in [0.2, 0.25) is 0 Å². The lowest BCUT2D eigenvalue weighted by Crippen LogP contribution is -2.58. The summed E-state index contributed by atoms with van der Waals surface area (Å²) in [5.74, 6) is 0.726. The molecule has 6 nitrogen and oxygen atoms in total. The van der Waals surface area contributed by atoms with Gasteiger partial charge in [0.1, 0.15) is 13.2 Å². The van der Waals surface area contributed by atoms with Gasteiger partial charge >= 0.3 is 0 Å². The van der Waals surface area contributed by atoms with Gasteiger partial charge in [0.15, 0.2) is 12.0 Å². The predicted octanol–water partition coefficient (Wildman–Crippen LogP) is 5.29. The Kier molecular flexibility index (Phi) is 6.41. The van der Waals surface area contributed by atoms with E-state index < -0.39 is 11.6 Å². The molecule has 0 bridgehead atoms. The number of nitrogens with zero attached hydrogens (tertiary/aromatic N) is 2. The molecule has 1 saturated heterocycles. The molecule has 7 heteroatoms. The standard InChI is InChI=1S/C30H40FN3O3/c1-29-13-10-24(34-37-19-11-14-32-17-19)26(18-7-5-4-6-8-18)27(29)25(33-36-3)15-20-21(29)9-12-30(2)22(20)16-23(31)28(30)35/h4-8,19-23,26-27,32H,9-17H2,1-3H3/b33-25+,34-24?/t19?,20?,21?,22?,23?,26?,27?,29-,30+/m1/s1. The summed E-state index contributed by atoms with van der Waals surface area (Å²) in [6.45, 7) is 6.24. The van der Waals surface area contributed by atoms with Crippen LogP contribution in [0.3, 0.4) is 0 Å². The fraction of sp³-hybridized carbons (Fsp3) is 0.700. The van der Waals surface area contributed by atoms with E-state index in [0.29, 0.717) is 12.3 Å². The molecule has 5 fully saturated rings. The predicted molar refractivity (Wildman–Crippen MR) is 141 cm³/mol. The van der Waals surface area contributed by atoms with Crippen molar-refractivity contribution in [3.8, 4) is 0 Å². The van der Waals surface area contributed by atoms with Crippen molar-refractivity contribution in [2.24, 2.45) is 44.8 Å².